The van der Waals surface area contributed by atoms with Crippen LogP contribution in [0.1, 0.15) is 42.0 Å². The van der Waals surface area contributed by atoms with Crippen molar-refractivity contribution in [3.05, 3.63) is 41.1 Å². The number of imidazole rings is 1. The van der Waals surface area contributed by atoms with E-state index in [0.29, 0.717) is 6.54 Å². The predicted octanol–water partition coefficient (Wildman–Crippen LogP) is 2.13. The smallest absolute Gasteiger partial charge is 0.223 e. The molecule has 1 aliphatic heterocycles. The second kappa shape index (κ2) is 6.86. The minimum Gasteiger partial charge on any atom is -0.357 e. The minimum absolute atomic E-state index is 0.0345. The number of carbonyl (C=O) groups excluding carboxylic acids is 1. The first-order chi connectivity index (χ1) is 12.2. The van der Waals surface area contributed by atoms with Crippen LogP contribution in [0, 0.1) is 12.8 Å². The average Bonchev–Trinajstić information content (AvgIpc) is 3.27. The van der Waals surface area contributed by atoms with Crippen molar-refractivity contribution in [1.29, 1.82) is 0 Å². The summed E-state index contributed by atoms with van der Waals surface area (Å²) in [6, 6.07) is 4.08. The van der Waals surface area contributed by atoms with Crippen LogP contribution in [0.15, 0.2) is 18.3 Å². The fourth-order valence-corrected chi connectivity index (χ4v) is 3.87. The Morgan fingerprint density at radius 1 is 1.40 bits per heavy atom. The van der Waals surface area contributed by atoms with Gasteiger partial charge in [0, 0.05) is 43.9 Å². The molecule has 0 aromatic carbocycles. The molecule has 3 heterocycles. The zero-order valence-corrected chi connectivity index (χ0v) is 14.7. The molecule has 0 spiro atoms. The quantitative estimate of drug-likeness (QED) is 0.895. The first-order valence-corrected chi connectivity index (χ1v) is 9.21. The maximum Gasteiger partial charge on any atom is 0.223 e. The third-order valence-corrected chi connectivity index (χ3v) is 5.24. The van der Waals surface area contributed by atoms with Gasteiger partial charge in [-0.2, -0.15) is 0 Å². The summed E-state index contributed by atoms with van der Waals surface area (Å²) in [6.07, 6.45) is 6.83. The summed E-state index contributed by atoms with van der Waals surface area (Å²) >= 11 is 0. The molecule has 0 bridgehead atoms. The SMILES string of the molecule is Cc1nc2c([nH]1)C[C@H](C(=O)NCc1ccnc(N3CCCC3)c1)CC2. The number of pyridine rings is 1. The van der Waals surface area contributed by atoms with Gasteiger partial charge in [0.15, 0.2) is 0 Å². The summed E-state index contributed by atoms with van der Waals surface area (Å²) in [5, 5.41) is 3.10. The number of fused-ring (bicyclic) bond motifs is 1. The Bertz CT molecular complexity index is 763. The van der Waals surface area contributed by atoms with Crippen molar-refractivity contribution in [1.82, 2.24) is 20.3 Å². The largest absolute Gasteiger partial charge is 0.357 e. The van der Waals surface area contributed by atoms with Crippen LogP contribution in [-0.2, 0) is 24.2 Å². The molecule has 1 fully saturated rings. The molecule has 2 N–H and O–H groups in total. The molecule has 2 aromatic rings. The summed E-state index contributed by atoms with van der Waals surface area (Å²) in [5.41, 5.74) is 3.37. The van der Waals surface area contributed by atoms with Crippen LogP contribution in [0.4, 0.5) is 5.82 Å². The molecule has 1 amide bonds. The van der Waals surface area contributed by atoms with Gasteiger partial charge in [0.2, 0.25) is 5.91 Å². The summed E-state index contributed by atoms with van der Waals surface area (Å²) in [4.78, 5) is 27.1. The molecule has 2 aromatic heterocycles. The number of aromatic nitrogens is 3. The summed E-state index contributed by atoms with van der Waals surface area (Å²) in [5.74, 6) is 2.14. The van der Waals surface area contributed by atoms with Crippen LogP contribution < -0.4 is 10.2 Å². The fraction of sp³-hybridized carbons (Fsp3) is 0.526. The van der Waals surface area contributed by atoms with Crippen LogP contribution in [0.2, 0.25) is 0 Å². The highest BCUT2D eigenvalue weighted by Crippen LogP contribution is 2.24. The summed E-state index contributed by atoms with van der Waals surface area (Å²) < 4.78 is 0. The molecule has 1 aliphatic carbocycles. The lowest BCUT2D eigenvalue weighted by Crippen LogP contribution is -2.33. The van der Waals surface area contributed by atoms with Gasteiger partial charge in [-0.3, -0.25) is 4.79 Å². The number of hydrogen-bond donors (Lipinski definition) is 2. The summed E-state index contributed by atoms with van der Waals surface area (Å²) in [7, 11) is 0. The molecule has 132 valence electrons. The Morgan fingerprint density at radius 2 is 2.24 bits per heavy atom. The van der Waals surface area contributed by atoms with Gasteiger partial charge in [-0.1, -0.05) is 0 Å². The molecule has 0 radical (unpaired) electrons. The number of amides is 1. The molecular formula is C19H25N5O. The number of carbonyl (C=O) groups is 1. The van der Waals surface area contributed by atoms with Crippen molar-refractivity contribution in [2.45, 2.75) is 45.6 Å². The van der Waals surface area contributed by atoms with E-state index in [4.69, 9.17) is 0 Å². The third kappa shape index (κ3) is 3.52. The molecule has 25 heavy (non-hydrogen) atoms. The van der Waals surface area contributed by atoms with Crippen molar-refractivity contribution >= 4 is 11.7 Å². The van der Waals surface area contributed by atoms with Crippen molar-refractivity contribution < 1.29 is 4.79 Å². The first-order valence-electron chi connectivity index (χ1n) is 9.21. The van der Waals surface area contributed by atoms with Gasteiger partial charge in [0.05, 0.1) is 5.69 Å². The van der Waals surface area contributed by atoms with Crippen molar-refractivity contribution in [2.75, 3.05) is 18.0 Å². The predicted molar refractivity (Wildman–Crippen MR) is 96.4 cm³/mol. The Balaban J connectivity index is 1.35. The van der Waals surface area contributed by atoms with E-state index >= 15 is 0 Å². The standard InChI is InChI=1S/C19H25N5O/c1-13-22-16-5-4-15(11-17(16)23-13)19(25)21-12-14-6-7-20-18(10-14)24-8-2-3-9-24/h6-7,10,15H,2-5,8-9,11-12H2,1H3,(H,21,25)(H,22,23)/t15-/m1/s1. The van der Waals surface area contributed by atoms with Crippen LogP contribution in [0.25, 0.3) is 0 Å². The normalized spacial score (nSPS) is 19.7. The van der Waals surface area contributed by atoms with Gasteiger partial charge in [-0.05, 0) is 50.3 Å². The van der Waals surface area contributed by atoms with Crippen LogP contribution in [0.5, 0.6) is 0 Å². The molecule has 4 rings (SSSR count). The van der Waals surface area contributed by atoms with E-state index < -0.39 is 0 Å². The first kappa shape index (κ1) is 16.1. The lowest BCUT2D eigenvalue weighted by Gasteiger charge is -2.21. The van der Waals surface area contributed by atoms with Gasteiger partial charge >= 0.3 is 0 Å². The van der Waals surface area contributed by atoms with Crippen molar-refractivity contribution in [2.24, 2.45) is 5.92 Å². The zero-order valence-electron chi connectivity index (χ0n) is 14.7. The number of rotatable bonds is 4. The molecule has 0 saturated carbocycles. The maximum atomic E-state index is 12.6. The van der Waals surface area contributed by atoms with Gasteiger partial charge in [-0.25, -0.2) is 9.97 Å². The van der Waals surface area contributed by atoms with Gasteiger partial charge in [0.1, 0.15) is 11.6 Å². The van der Waals surface area contributed by atoms with E-state index in [1.54, 1.807) is 0 Å². The summed E-state index contributed by atoms with van der Waals surface area (Å²) in [6.45, 7) is 4.69. The number of aromatic amines is 1. The van der Waals surface area contributed by atoms with Crippen molar-refractivity contribution in [3.63, 3.8) is 0 Å². The number of aryl methyl sites for hydroxylation is 2. The van der Waals surface area contributed by atoms with Crippen molar-refractivity contribution in [3.8, 4) is 0 Å². The highest BCUT2D eigenvalue weighted by atomic mass is 16.1. The zero-order chi connectivity index (χ0) is 17.2. The van der Waals surface area contributed by atoms with Gasteiger partial charge in [0.25, 0.3) is 0 Å². The Morgan fingerprint density at radius 3 is 3.08 bits per heavy atom. The molecule has 2 aliphatic rings. The molecular weight excluding hydrogens is 314 g/mol. The Hall–Kier alpha value is -2.37. The molecule has 1 saturated heterocycles. The highest BCUT2D eigenvalue weighted by Gasteiger charge is 2.26. The number of H-pyrrole nitrogens is 1. The van der Waals surface area contributed by atoms with Crippen LogP contribution >= 0.6 is 0 Å². The van der Waals surface area contributed by atoms with Gasteiger partial charge in [-0.15, -0.1) is 0 Å². The average molecular weight is 339 g/mol. The second-order valence-corrected chi connectivity index (χ2v) is 7.12. The third-order valence-electron chi connectivity index (χ3n) is 5.24. The lowest BCUT2D eigenvalue weighted by molar-refractivity contribution is -0.125. The molecule has 6 heteroatoms. The highest BCUT2D eigenvalue weighted by molar-refractivity contribution is 5.79. The van der Waals surface area contributed by atoms with E-state index in [-0.39, 0.29) is 11.8 Å². The van der Waals surface area contributed by atoms with Crippen LogP contribution in [-0.4, -0.2) is 33.9 Å². The second-order valence-electron chi connectivity index (χ2n) is 7.12. The molecule has 1 atom stereocenters. The van der Waals surface area contributed by atoms with E-state index in [0.717, 1.165) is 60.9 Å². The number of nitrogens with one attached hydrogen (secondary N) is 2. The van der Waals surface area contributed by atoms with Gasteiger partial charge < -0.3 is 15.2 Å². The van der Waals surface area contributed by atoms with E-state index in [2.05, 4.69) is 31.2 Å². The molecule has 6 nitrogen and oxygen atoms in total. The Kier molecular flexibility index (Phi) is 4.42. The number of anilines is 1. The maximum absolute atomic E-state index is 12.6. The Labute approximate surface area is 148 Å². The van der Waals surface area contributed by atoms with E-state index in [9.17, 15) is 4.79 Å². The topological polar surface area (TPSA) is 73.9 Å². The number of hydrogen-bond acceptors (Lipinski definition) is 4. The van der Waals surface area contributed by atoms with E-state index in [1.165, 1.54) is 12.8 Å². The number of nitrogens with zero attached hydrogens (tertiary/aromatic N) is 3. The monoisotopic (exact) mass is 339 g/mol. The van der Waals surface area contributed by atoms with E-state index in [1.807, 2.05) is 19.2 Å². The minimum atomic E-state index is 0.0345. The molecule has 0 unspecified atom stereocenters. The lowest BCUT2D eigenvalue weighted by atomic mass is 9.89. The van der Waals surface area contributed by atoms with Crippen LogP contribution in [0.3, 0.4) is 0 Å². The fourth-order valence-electron chi connectivity index (χ4n) is 3.87.